The number of carbonyl (C=O) groups is 1. The minimum Gasteiger partial charge on any atom is -0.465 e. The van der Waals surface area contributed by atoms with Crippen LogP contribution in [0.4, 0.5) is 4.79 Å². The summed E-state index contributed by atoms with van der Waals surface area (Å²) in [5, 5.41) is 11.9. The summed E-state index contributed by atoms with van der Waals surface area (Å²) in [5.41, 5.74) is 0. The second-order valence-electron chi connectivity index (χ2n) is 4.05. The summed E-state index contributed by atoms with van der Waals surface area (Å²) in [5.74, 6) is -0.336. The Hall–Kier alpha value is -1.86. The van der Waals surface area contributed by atoms with E-state index in [9.17, 15) is 13.2 Å². The molecule has 0 saturated carbocycles. The average Bonchev–Trinajstić information content (AvgIpc) is 2.37. The molecule has 2 aromatic rings. The van der Waals surface area contributed by atoms with Gasteiger partial charge in [0.15, 0.2) is 9.84 Å². The molecule has 1 heterocycles. The van der Waals surface area contributed by atoms with Crippen molar-refractivity contribution in [2.45, 2.75) is 4.90 Å². The number of sulfone groups is 1. The first-order chi connectivity index (χ1) is 9.40. The summed E-state index contributed by atoms with van der Waals surface area (Å²) in [4.78, 5) is 14.4. The van der Waals surface area contributed by atoms with Gasteiger partial charge in [0, 0.05) is 34.7 Å². The predicted octanol–water partition coefficient (Wildman–Crippen LogP) is 1.93. The van der Waals surface area contributed by atoms with E-state index in [2.05, 4.69) is 4.98 Å². The highest BCUT2D eigenvalue weighted by Crippen LogP contribution is 2.27. The molecule has 0 fully saturated rings. The number of pyridine rings is 1. The van der Waals surface area contributed by atoms with Crippen LogP contribution < -0.4 is 5.32 Å². The van der Waals surface area contributed by atoms with Crippen molar-refractivity contribution < 1.29 is 18.3 Å². The molecular weight excluding hydrogens is 304 g/mol. The highest BCUT2D eigenvalue weighted by atomic mass is 35.5. The lowest BCUT2D eigenvalue weighted by Gasteiger charge is -2.09. The number of aromatic nitrogens is 1. The molecule has 0 unspecified atom stereocenters. The van der Waals surface area contributed by atoms with Crippen molar-refractivity contribution in [1.29, 1.82) is 0 Å². The zero-order chi connectivity index (χ0) is 14.8. The Morgan fingerprint density at radius 3 is 2.85 bits per heavy atom. The normalized spacial score (nSPS) is 11.4. The van der Waals surface area contributed by atoms with Crippen molar-refractivity contribution >= 4 is 38.3 Å². The first-order valence-electron chi connectivity index (χ1n) is 5.63. The van der Waals surface area contributed by atoms with Gasteiger partial charge in [-0.3, -0.25) is 4.98 Å². The number of amides is 1. The van der Waals surface area contributed by atoms with Crippen LogP contribution in [0.1, 0.15) is 0 Å². The fourth-order valence-electron chi connectivity index (χ4n) is 1.80. The number of carboxylic acid groups (broad SMARTS) is 1. The van der Waals surface area contributed by atoms with Crippen LogP contribution in [0.5, 0.6) is 0 Å². The molecule has 1 aromatic heterocycles. The fourth-order valence-corrected chi connectivity index (χ4v) is 3.51. The molecule has 0 spiro atoms. The van der Waals surface area contributed by atoms with Crippen LogP contribution in [-0.2, 0) is 9.84 Å². The van der Waals surface area contributed by atoms with Crippen molar-refractivity contribution in [3.8, 4) is 0 Å². The summed E-state index contributed by atoms with van der Waals surface area (Å²) < 4.78 is 24.5. The zero-order valence-electron chi connectivity index (χ0n) is 10.2. The molecule has 0 bridgehead atoms. The van der Waals surface area contributed by atoms with Crippen molar-refractivity contribution in [1.82, 2.24) is 10.3 Å². The lowest BCUT2D eigenvalue weighted by Crippen LogP contribution is -2.27. The molecular formula is C12H11ClN2O4S. The van der Waals surface area contributed by atoms with E-state index in [-0.39, 0.29) is 22.2 Å². The van der Waals surface area contributed by atoms with Gasteiger partial charge in [0.25, 0.3) is 0 Å². The Morgan fingerprint density at radius 1 is 1.40 bits per heavy atom. The molecule has 0 aliphatic heterocycles. The summed E-state index contributed by atoms with van der Waals surface area (Å²) in [6, 6.07) is 4.57. The Balaban J connectivity index is 2.43. The first kappa shape index (κ1) is 14.5. The maximum Gasteiger partial charge on any atom is 0.404 e. The minimum absolute atomic E-state index is 0.0783. The molecule has 1 amide bonds. The molecule has 0 aliphatic rings. The minimum atomic E-state index is -3.64. The third-order valence-electron chi connectivity index (χ3n) is 2.66. The number of rotatable bonds is 4. The van der Waals surface area contributed by atoms with Gasteiger partial charge in [-0.05, 0) is 18.2 Å². The standard InChI is InChI=1S/C12H11ClN2O4S/c13-9-5-8-7-14-2-1-10(8)11(6-9)20(18,19)4-3-15-12(16)17/h1-2,5-7,15H,3-4H2,(H,16,17). The number of hydrogen-bond donors (Lipinski definition) is 2. The van der Waals surface area contributed by atoms with Crippen LogP contribution in [-0.4, -0.2) is 36.9 Å². The smallest absolute Gasteiger partial charge is 0.404 e. The third-order valence-corrected chi connectivity index (χ3v) is 4.63. The lowest BCUT2D eigenvalue weighted by molar-refractivity contribution is 0.195. The number of nitrogens with zero attached hydrogens (tertiary/aromatic N) is 1. The summed E-state index contributed by atoms with van der Waals surface area (Å²) in [6.45, 7) is -0.184. The molecule has 8 heteroatoms. The molecule has 2 N–H and O–H groups in total. The number of fused-ring (bicyclic) bond motifs is 1. The van der Waals surface area contributed by atoms with Crippen LogP contribution in [0.3, 0.4) is 0 Å². The first-order valence-corrected chi connectivity index (χ1v) is 7.66. The maximum absolute atomic E-state index is 12.3. The molecule has 0 saturated heterocycles. The monoisotopic (exact) mass is 314 g/mol. The molecule has 0 aliphatic carbocycles. The molecule has 0 atom stereocenters. The summed E-state index contributed by atoms with van der Waals surface area (Å²) in [6.07, 6.45) is 1.75. The zero-order valence-corrected chi connectivity index (χ0v) is 11.8. The maximum atomic E-state index is 12.3. The number of nitrogens with one attached hydrogen (secondary N) is 1. The topological polar surface area (TPSA) is 96.4 Å². The molecule has 1 aromatic carbocycles. The van der Waals surface area contributed by atoms with Gasteiger partial charge in [0.2, 0.25) is 0 Å². The van der Waals surface area contributed by atoms with E-state index in [1.807, 2.05) is 5.32 Å². The molecule has 0 radical (unpaired) electrons. The van der Waals surface area contributed by atoms with Crippen LogP contribution in [0.25, 0.3) is 10.8 Å². The van der Waals surface area contributed by atoms with Crippen LogP contribution in [0, 0.1) is 0 Å². The molecule has 106 valence electrons. The van der Waals surface area contributed by atoms with Gasteiger partial charge < -0.3 is 10.4 Å². The third kappa shape index (κ3) is 3.17. The van der Waals surface area contributed by atoms with Crippen LogP contribution in [0.15, 0.2) is 35.5 Å². The largest absolute Gasteiger partial charge is 0.465 e. The SMILES string of the molecule is O=C(O)NCCS(=O)(=O)c1cc(Cl)cc2cnccc12. The van der Waals surface area contributed by atoms with E-state index in [0.717, 1.165) is 0 Å². The Morgan fingerprint density at radius 2 is 2.15 bits per heavy atom. The quantitative estimate of drug-likeness (QED) is 0.899. The molecule has 20 heavy (non-hydrogen) atoms. The van der Waals surface area contributed by atoms with Crippen LogP contribution in [0.2, 0.25) is 5.02 Å². The van der Waals surface area contributed by atoms with Gasteiger partial charge in [0.05, 0.1) is 10.6 Å². The average molecular weight is 315 g/mol. The van der Waals surface area contributed by atoms with Gasteiger partial charge in [-0.25, -0.2) is 13.2 Å². The van der Waals surface area contributed by atoms with Crippen molar-refractivity contribution in [3.63, 3.8) is 0 Å². The highest BCUT2D eigenvalue weighted by Gasteiger charge is 2.18. The fraction of sp³-hybridized carbons (Fsp3) is 0.167. The van der Waals surface area contributed by atoms with Crippen molar-refractivity contribution in [2.24, 2.45) is 0 Å². The van der Waals surface area contributed by atoms with Gasteiger partial charge >= 0.3 is 6.09 Å². The van der Waals surface area contributed by atoms with Crippen molar-refractivity contribution in [2.75, 3.05) is 12.3 Å². The van der Waals surface area contributed by atoms with Gasteiger partial charge in [0.1, 0.15) is 0 Å². The number of halogens is 1. The van der Waals surface area contributed by atoms with Gasteiger partial charge in [-0.2, -0.15) is 0 Å². The molecule has 6 nitrogen and oxygen atoms in total. The summed E-state index contributed by atoms with van der Waals surface area (Å²) in [7, 11) is -3.64. The highest BCUT2D eigenvalue weighted by molar-refractivity contribution is 7.91. The van der Waals surface area contributed by atoms with E-state index >= 15 is 0 Å². The Kier molecular flexibility index (Phi) is 4.10. The number of hydrogen-bond acceptors (Lipinski definition) is 4. The van der Waals surface area contributed by atoms with Gasteiger partial charge in [-0.1, -0.05) is 11.6 Å². The Bertz CT molecular complexity index is 761. The van der Waals surface area contributed by atoms with Gasteiger partial charge in [-0.15, -0.1) is 0 Å². The van der Waals surface area contributed by atoms with Crippen molar-refractivity contribution in [3.05, 3.63) is 35.6 Å². The number of benzene rings is 1. The van der Waals surface area contributed by atoms with E-state index in [0.29, 0.717) is 10.8 Å². The predicted molar refractivity (Wildman–Crippen MR) is 74.8 cm³/mol. The second-order valence-corrected chi connectivity index (χ2v) is 6.57. The van der Waals surface area contributed by atoms with E-state index in [4.69, 9.17) is 16.7 Å². The van der Waals surface area contributed by atoms with E-state index in [1.54, 1.807) is 12.1 Å². The van der Waals surface area contributed by atoms with Crippen LogP contribution >= 0.6 is 11.6 Å². The lowest BCUT2D eigenvalue weighted by atomic mass is 10.2. The Labute approximate surface area is 120 Å². The molecule has 2 rings (SSSR count). The summed E-state index contributed by atoms with van der Waals surface area (Å²) >= 11 is 5.91. The van der Waals surface area contributed by atoms with E-state index < -0.39 is 15.9 Å². The van der Waals surface area contributed by atoms with E-state index in [1.165, 1.54) is 18.5 Å². The second kappa shape index (κ2) is 5.64.